The van der Waals surface area contributed by atoms with Crippen LogP contribution in [0.2, 0.25) is 5.02 Å². The molecule has 32 heavy (non-hydrogen) atoms. The van der Waals surface area contributed by atoms with Crippen LogP contribution in [0.1, 0.15) is 24.1 Å². The minimum absolute atomic E-state index is 0.295. The summed E-state index contributed by atoms with van der Waals surface area (Å²) in [5.74, 6) is -3.94. The van der Waals surface area contributed by atoms with Crippen molar-refractivity contribution < 1.29 is 28.7 Å². The number of nitrogens with zero attached hydrogens (tertiary/aromatic N) is 2. The predicted octanol–water partition coefficient (Wildman–Crippen LogP) is 4.50. The molecule has 0 aliphatic carbocycles. The zero-order valence-electron chi connectivity index (χ0n) is 17.1. The summed E-state index contributed by atoms with van der Waals surface area (Å²) >= 11 is 5.96. The third-order valence-corrected chi connectivity index (χ3v) is 5.34. The molecule has 0 atom stereocenters. The second kappa shape index (κ2) is 10.9. The predicted molar refractivity (Wildman–Crippen MR) is 118 cm³/mol. The van der Waals surface area contributed by atoms with Crippen LogP contribution in [0.25, 0.3) is 16.5 Å². The Kier molecular flexibility index (Phi) is 7.97. The van der Waals surface area contributed by atoms with Gasteiger partial charge in [-0.05, 0) is 61.2 Å². The van der Waals surface area contributed by atoms with Crippen LogP contribution in [0, 0.1) is 5.82 Å². The molecule has 0 radical (unpaired) electrons. The summed E-state index contributed by atoms with van der Waals surface area (Å²) in [7, 11) is 0. The first-order chi connectivity index (χ1) is 15.3. The fraction of sp³-hybridized carbons (Fsp3) is 0.261. The molecule has 1 aromatic heterocycles. The molecule has 3 aromatic rings. The highest BCUT2D eigenvalue weighted by molar-refractivity contribution is 6.30. The maximum Gasteiger partial charge on any atom is 0.414 e. The molecule has 2 N–H and O–H groups in total. The molecule has 2 heterocycles. The van der Waals surface area contributed by atoms with Gasteiger partial charge in [-0.1, -0.05) is 35.0 Å². The van der Waals surface area contributed by atoms with Crippen molar-refractivity contribution in [3.63, 3.8) is 0 Å². The quantitative estimate of drug-likeness (QED) is 0.540. The number of hydrogen-bond donors (Lipinski definition) is 2. The van der Waals surface area contributed by atoms with Crippen LogP contribution in [0.4, 0.5) is 4.39 Å². The van der Waals surface area contributed by atoms with Crippen molar-refractivity contribution in [2.75, 3.05) is 19.6 Å². The Morgan fingerprint density at radius 2 is 1.84 bits per heavy atom. The molecule has 7 nitrogen and oxygen atoms in total. The Bertz CT molecular complexity index is 1120. The van der Waals surface area contributed by atoms with E-state index in [4.69, 9.17) is 35.9 Å². The van der Waals surface area contributed by atoms with Gasteiger partial charge in [0.15, 0.2) is 5.58 Å². The summed E-state index contributed by atoms with van der Waals surface area (Å²) in [6.07, 6.45) is 5.20. The molecule has 0 unspecified atom stereocenters. The zero-order valence-corrected chi connectivity index (χ0v) is 17.9. The number of aliphatic carboxylic acids is 2. The van der Waals surface area contributed by atoms with Crippen LogP contribution >= 0.6 is 11.6 Å². The molecule has 0 saturated carbocycles. The number of carbonyl (C=O) groups is 2. The van der Waals surface area contributed by atoms with E-state index in [2.05, 4.69) is 28.3 Å². The van der Waals surface area contributed by atoms with E-state index in [9.17, 15) is 4.39 Å². The van der Waals surface area contributed by atoms with Gasteiger partial charge in [0, 0.05) is 29.6 Å². The van der Waals surface area contributed by atoms with Crippen molar-refractivity contribution in [1.82, 2.24) is 10.1 Å². The van der Waals surface area contributed by atoms with E-state index in [-0.39, 0.29) is 5.82 Å². The monoisotopic (exact) mass is 460 g/mol. The van der Waals surface area contributed by atoms with Gasteiger partial charge in [0.25, 0.3) is 0 Å². The summed E-state index contributed by atoms with van der Waals surface area (Å²) in [4.78, 5) is 20.6. The minimum atomic E-state index is -1.82. The molecule has 0 amide bonds. The molecule has 1 aliphatic rings. The third-order valence-electron chi connectivity index (χ3n) is 5.09. The molecular formula is C23H22ClFN2O5. The van der Waals surface area contributed by atoms with Crippen LogP contribution in [-0.2, 0) is 16.0 Å². The first-order valence-corrected chi connectivity index (χ1v) is 10.4. The van der Waals surface area contributed by atoms with Crippen LogP contribution in [0.15, 0.2) is 53.1 Å². The smallest absolute Gasteiger partial charge is 0.414 e. The zero-order chi connectivity index (χ0) is 23.1. The number of rotatable bonds is 5. The number of halogens is 2. The van der Waals surface area contributed by atoms with Gasteiger partial charge < -0.3 is 14.7 Å². The highest BCUT2D eigenvalue weighted by Gasteiger charge is 2.14. The second-order valence-corrected chi connectivity index (χ2v) is 7.71. The molecule has 1 aliphatic heterocycles. The minimum Gasteiger partial charge on any atom is -0.473 e. The summed E-state index contributed by atoms with van der Waals surface area (Å²) in [5, 5.41) is 20.6. The first-order valence-electron chi connectivity index (χ1n) is 10.0. The second-order valence-electron chi connectivity index (χ2n) is 7.27. The average molecular weight is 461 g/mol. The van der Waals surface area contributed by atoms with Crippen molar-refractivity contribution in [1.29, 1.82) is 0 Å². The maximum atomic E-state index is 13.2. The summed E-state index contributed by atoms with van der Waals surface area (Å²) < 4.78 is 18.4. The number of aryl methyl sites for hydroxylation is 1. The Balaban J connectivity index is 0.000000427. The van der Waals surface area contributed by atoms with Crippen molar-refractivity contribution >= 4 is 40.1 Å². The number of carboxylic acids is 2. The lowest BCUT2D eigenvalue weighted by molar-refractivity contribution is -0.159. The fourth-order valence-corrected chi connectivity index (χ4v) is 3.58. The summed E-state index contributed by atoms with van der Waals surface area (Å²) in [6, 6.07) is 12.6. The van der Waals surface area contributed by atoms with E-state index in [0.717, 1.165) is 55.0 Å². The van der Waals surface area contributed by atoms with Gasteiger partial charge in [-0.2, -0.15) is 0 Å². The van der Waals surface area contributed by atoms with Crippen molar-refractivity contribution in [3.05, 3.63) is 70.6 Å². The van der Waals surface area contributed by atoms with E-state index in [1.807, 2.05) is 12.1 Å². The number of fused-ring (bicyclic) bond motifs is 1. The van der Waals surface area contributed by atoms with Gasteiger partial charge in [-0.15, -0.1) is 0 Å². The van der Waals surface area contributed by atoms with Crippen LogP contribution in [0.3, 0.4) is 0 Å². The molecule has 0 fully saturated rings. The van der Waals surface area contributed by atoms with E-state index in [1.165, 1.54) is 23.3 Å². The average Bonchev–Trinajstić information content (AvgIpc) is 3.17. The van der Waals surface area contributed by atoms with Gasteiger partial charge in [-0.3, -0.25) is 4.90 Å². The van der Waals surface area contributed by atoms with E-state index in [0.29, 0.717) is 5.58 Å². The van der Waals surface area contributed by atoms with Crippen molar-refractivity contribution in [3.8, 4) is 0 Å². The first kappa shape index (κ1) is 23.4. The Hall–Kier alpha value is -3.23. The van der Waals surface area contributed by atoms with Crippen molar-refractivity contribution in [2.24, 2.45) is 0 Å². The molecule has 0 saturated heterocycles. The number of aromatic nitrogens is 1. The van der Waals surface area contributed by atoms with E-state index < -0.39 is 11.9 Å². The van der Waals surface area contributed by atoms with Gasteiger partial charge >= 0.3 is 11.9 Å². The maximum absolute atomic E-state index is 13.2. The van der Waals surface area contributed by atoms with Gasteiger partial charge in [0.05, 0.1) is 5.69 Å². The number of carboxylic acid groups (broad SMARTS) is 2. The molecular weight excluding hydrogens is 439 g/mol. The Morgan fingerprint density at radius 3 is 2.47 bits per heavy atom. The standard InChI is InChI=1S/C21H20ClFN2O.C2H2O4/c22-17-5-3-15(4-6-17)16-9-12-25(13-10-16)11-1-2-20-19-8-7-18(23)14-21(19)26-24-20;3-1(4)2(5)6/h3-9,14H,1-2,10-13H2;(H,3,4)(H,5,6). The van der Waals surface area contributed by atoms with Gasteiger partial charge in [0.2, 0.25) is 0 Å². The van der Waals surface area contributed by atoms with Gasteiger partial charge in [-0.25, -0.2) is 14.0 Å². The Morgan fingerprint density at radius 1 is 1.12 bits per heavy atom. The molecule has 9 heteroatoms. The molecule has 0 bridgehead atoms. The SMILES string of the molecule is Fc1ccc2c(CCCN3CC=C(c4ccc(Cl)cc4)CC3)noc2c1.O=C(O)C(=O)O. The van der Waals surface area contributed by atoms with Crippen LogP contribution < -0.4 is 0 Å². The van der Waals surface area contributed by atoms with Gasteiger partial charge in [0.1, 0.15) is 5.82 Å². The largest absolute Gasteiger partial charge is 0.473 e. The fourth-order valence-electron chi connectivity index (χ4n) is 3.45. The Labute approximate surface area is 188 Å². The lowest BCUT2D eigenvalue weighted by Crippen LogP contribution is -2.29. The highest BCUT2D eigenvalue weighted by Crippen LogP contribution is 2.24. The van der Waals surface area contributed by atoms with E-state index >= 15 is 0 Å². The highest BCUT2D eigenvalue weighted by atomic mass is 35.5. The number of hydrogen-bond acceptors (Lipinski definition) is 5. The van der Waals surface area contributed by atoms with Crippen LogP contribution in [-0.4, -0.2) is 51.8 Å². The van der Waals surface area contributed by atoms with E-state index in [1.54, 1.807) is 6.07 Å². The van der Waals surface area contributed by atoms with Crippen molar-refractivity contribution in [2.45, 2.75) is 19.3 Å². The molecule has 2 aromatic carbocycles. The normalized spacial score (nSPS) is 13.9. The third kappa shape index (κ3) is 6.38. The molecule has 4 rings (SSSR count). The lowest BCUT2D eigenvalue weighted by Gasteiger charge is -2.26. The summed E-state index contributed by atoms with van der Waals surface area (Å²) in [5.41, 5.74) is 4.08. The molecule has 168 valence electrons. The van der Waals surface area contributed by atoms with Crippen LogP contribution in [0.5, 0.6) is 0 Å². The summed E-state index contributed by atoms with van der Waals surface area (Å²) in [6.45, 7) is 3.03. The number of benzene rings is 2. The lowest BCUT2D eigenvalue weighted by atomic mass is 9.99. The topological polar surface area (TPSA) is 104 Å². The molecule has 0 spiro atoms.